The van der Waals surface area contributed by atoms with Crippen molar-refractivity contribution >= 4 is 0 Å². The minimum atomic E-state index is -2.43. The zero-order valence-corrected chi connectivity index (χ0v) is 5.45. The van der Waals surface area contributed by atoms with Crippen molar-refractivity contribution in [2.24, 2.45) is 5.92 Å². The summed E-state index contributed by atoms with van der Waals surface area (Å²) in [5, 5.41) is 2.91. The molecule has 0 aromatic heterocycles. The highest BCUT2D eigenvalue weighted by Crippen LogP contribution is 2.29. The number of piperidine rings is 1. The Balaban J connectivity index is 2.49. The summed E-state index contributed by atoms with van der Waals surface area (Å²) in [4.78, 5) is 0. The summed E-state index contributed by atoms with van der Waals surface area (Å²) >= 11 is 0. The molecule has 0 bridgehead atoms. The first-order valence-electron chi connectivity index (χ1n) is 3.21. The van der Waals surface area contributed by atoms with Gasteiger partial charge in [-0.3, -0.25) is 0 Å². The summed E-state index contributed by atoms with van der Waals surface area (Å²) in [6.07, 6.45) is -0.00579. The summed E-state index contributed by atoms with van der Waals surface area (Å²) in [5.41, 5.74) is 0. The highest BCUT2D eigenvalue weighted by Gasteiger charge is 2.37. The number of alkyl halides is 2. The fourth-order valence-electron chi connectivity index (χ4n) is 0.969. The maximum atomic E-state index is 12.6. The topological polar surface area (TPSA) is 12.0 Å². The van der Waals surface area contributed by atoms with E-state index in [0.717, 1.165) is 0 Å². The fraction of sp³-hybridized carbons (Fsp3) is 1.00. The molecule has 0 unspecified atom stereocenters. The quantitative estimate of drug-likeness (QED) is 0.527. The van der Waals surface area contributed by atoms with Crippen molar-refractivity contribution in [2.45, 2.75) is 19.3 Å². The van der Waals surface area contributed by atoms with E-state index in [9.17, 15) is 8.78 Å². The fourth-order valence-corrected chi connectivity index (χ4v) is 0.969. The molecule has 0 amide bonds. The van der Waals surface area contributed by atoms with Gasteiger partial charge in [-0.05, 0) is 0 Å². The van der Waals surface area contributed by atoms with Crippen LogP contribution in [0.3, 0.4) is 0 Å². The Kier molecular flexibility index (Phi) is 1.70. The second-order valence-corrected chi connectivity index (χ2v) is 2.62. The van der Waals surface area contributed by atoms with Crippen LogP contribution in [0, 0.1) is 5.92 Å². The van der Waals surface area contributed by atoms with Gasteiger partial charge >= 0.3 is 0 Å². The van der Waals surface area contributed by atoms with Crippen LogP contribution in [-0.2, 0) is 0 Å². The van der Waals surface area contributed by atoms with Gasteiger partial charge in [0.05, 0.1) is 0 Å². The van der Waals surface area contributed by atoms with Crippen molar-refractivity contribution in [1.82, 2.24) is 5.32 Å². The summed E-state index contributed by atoms with van der Waals surface area (Å²) in [6.45, 7) is 2.48. The third-order valence-corrected chi connectivity index (χ3v) is 1.81. The molecule has 54 valence electrons. The lowest BCUT2D eigenvalue weighted by molar-refractivity contribution is -0.0710. The van der Waals surface area contributed by atoms with Crippen molar-refractivity contribution < 1.29 is 8.78 Å². The first-order valence-corrected chi connectivity index (χ1v) is 3.21. The van der Waals surface area contributed by atoms with Gasteiger partial charge in [-0.1, -0.05) is 6.92 Å². The molecule has 0 saturated carbocycles. The summed E-state index contributed by atoms with van der Waals surface area (Å²) in [6, 6.07) is 0. The minimum absolute atomic E-state index is 0.00579. The zero-order valence-electron chi connectivity index (χ0n) is 5.45. The Hall–Kier alpha value is -0.180. The zero-order chi connectivity index (χ0) is 6.91. The smallest absolute Gasteiger partial charge is 0.253 e. The molecule has 0 radical (unpaired) electrons. The van der Waals surface area contributed by atoms with Crippen LogP contribution in [-0.4, -0.2) is 19.0 Å². The van der Waals surface area contributed by atoms with Crippen LogP contribution >= 0.6 is 0 Å². The Morgan fingerprint density at radius 2 is 2.22 bits per heavy atom. The van der Waals surface area contributed by atoms with Gasteiger partial charge in [-0.15, -0.1) is 0 Å². The van der Waals surface area contributed by atoms with Gasteiger partial charge in [0.1, 0.15) is 0 Å². The standard InChI is InChI=1S/C6H11F2N/c1-5-4-9-3-2-6(5,7)8/h5,9H,2-4H2,1H3/t5-/m1/s1. The van der Waals surface area contributed by atoms with Crippen molar-refractivity contribution in [3.63, 3.8) is 0 Å². The van der Waals surface area contributed by atoms with Gasteiger partial charge in [-0.2, -0.15) is 0 Å². The minimum Gasteiger partial charge on any atom is -0.316 e. The largest absolute Gasteiger partial charge is 0.316 e. The number of nitrogens with one attached hydrogen (secondary N) is 1. The summed E-state index contributed by atoms with van der Waals surface area (Å²) in [5.74, 6) is -2.92. The third kappa shape index (κ3) is 1.39. The van der Waals surface area contributed by atoms with E-state index in [1.54, 1.807) is 6.92 Å². The Morgan fingerprint density at radius 1 is 1.56 bits per heavy atom. The number of halogens is 2. The molecule has 9 heavy (non-hydrogen) atoms. The molecule has 1 fully saturated rings. The molecule has 0 spiro atoms. The van der Waals surface area contributed by atoms with Crippen molar-refractivity contribution in [2.75, 3.05) is 13.1 Å². The van der Waals surface area contributed by atoms with E-state index in [1.807, 2.05) is 0 Å². The lowest BCUT2D eigenvalue weighted by atomic mass is 9.97. The van der Waals surface area contributed by atoms with Gasteiger partial charge in [0.25, 0.3) is 5.92 Å². The van der Waals surface area contributed by atoms with Crippen LogP contribution in [0.25, 0.3) is 0 Å². The first-order chi connectivity index (χ1) is 4.13. The van der Waals surface area contributed by atoms with E-state index in [4.69, 9.17) is 0 Å². The lowest BCUT2D eigenvalue weighted by Crippen LogP contribution is -2.42. The predicted molar refractivity (Wildman–Crippen MR) is 31.6 cm³/mol. The molecule has 1 aliphatic heterocycles. The second-order valence-electron chi connectivity index (χ2n) is 2.62. The van der Waals surface area contributed by atoms with E-state index < -0.39 is 11.8 Å². The van der Waals surface area contributed by atoms with Gasteiger partial charge in [-0.25, -0.2) is 8.78 Å². The van der Waals surface area contributed by atoms with E-state index in [-0.39, 0.29) is 6.42 Å². The van der Waals surface area contributed by atoms with Crippen molar-refractivity contribution in [3.05, 3.63) is 0 Å². The molecule has 1 saturated heterocycles. The summed E-state index contributed by atoms with van der Waals surface area (Å²) < 4.78 is 25.1. The molecule has 1 rings (SSSR count). The van der Waals surface area contributed by atoms with Crippen LogP contribution in [0.1, 0.15) is 13.3 Å². The van der Waals surface area contributed by atoms with E-state index in [1.165, 1.54) is 0 Å². The Labute approximate surface area is 53.4 Å². The highest BCUT2D eigenvalue weighted by atomic mass is 19.3. The molecule has 1 nitrogen and oxygen atoms in total. The molecule has 1 aliphatic rings. The third-order valence-electron chi connectivity index (χ3n) is 1.81. The lowest BCUT2D eigenvalue weighted by Gasteiger charge is -2.28. The van der Waals surface area contributed by atoms with E-state index in [2.05, 4.69) is 5.32 Å². The second kappa shape index (κ2) is 2.21. The molecule has 1 atom stereocenters. The molecule has 0 aromatic carbocycles. The normalized spacial score (nSPS) is 34.3. The average Bonchev–Trinajstić information content (AvgIpc) is 1.77. The van der Waals surface area contributed by atoms with Gasteiger partial charge in [0.2, 0.25) is 0 Å². The molecule has 0 aromatic rings. The molecular formula is C6H11F2N. The van der Waals surface area contributed by atoms with Crippen LogP contribution in [0.2, 0.25) is 0 Å². The molecule has 0 aliphatic carbocycles. The summed E-state index contributed by atoms with van der Waals surface area (Å²) in [7, 11) is 0. The van der Waals surface area contributed by atoms with Crippen molar-refractivity contribution in [1.29, 1.82) is 0 Å². The molecule has 1 heterocycles. The Bertz CT molecular complexity index is 103. The van der Waals surface area contributed by atoms with E-state index >= 15 is 0 Å². The molecule has 3 heteroatoms. The average molecular weight is 135 g/mol. The molecule has 1 N–H and O–H groups in total. The monoisotopic (exact) mass is 135 g/mol. The number of hydrogen-bond donors (Lipinski definition) is 1. The van der Waals surface area contributed by atoms with Crippen molar-refractivity contribution in [3.8, 4) is 0 Å². The van der Waals surface area contributed by atoms with Gasteiger partial charge in [0, 0.05) is 25.4 Å². The van der Waals surface area contributed by atoms with Gasteiger partial charge in [0.15, 0.2) is 0 Å². The van der Waals surface area contributed by atoms with Crippen LogP contribution in [0.5, 0.6) is 0 Å². The van der Waals surface area contributed by atoms with Crippen LogP contribution < -0.4 is 5.32 Å². The maximum absolute atomic E-state index is 12.6. The Morgan fingerprint density at radius 3 is 2.56 bits per heavy atom. The van der Waals surface area contributed by atoms with Crippen LogP contribution in [0.15, 0.2) is 0 Å². The first kappa shape index (κ1) is 6.93. The number of hydrogen-bond acceptors (Lipinski definition) is 1. The predicted octanol–water partition coefficient (Wildman–Crippen LogP) is 1.25. The SMILES string of the molecule is C[C@@H]1CNCCC1(F)F. The highest BCUT2D eigenvalue weighted by molar-refractivity contribution is 4.80. The number of rotatable bonds is 0. The van der Waals surface area contributed by atoms with E-state index in [0.29, 0.717) is 13.1 Å². The van der Waals surface area contributed by atoms with Crippen LogP contribution in [0.4, 0.5) is 8.78 Å². The maximum Gasteiger partial charge on any atom is 0.253 e. The van der Waals surface area contributed by atoms with Gasteiger partial charge < -0.3 is 5.32 Å². The molecular weight excluding hydrogens is 124 g/mol.